The number of hydrogen-bond donors (Lipinski definition) is 3. The summed E-state index contributed by atoms with van der Waals surface area (Å²) in [5, 5.41) is 15.7. The van der Waals surface area contributed by atoms with Crippen LogP contribution in [0.15, 0.2) is 0 Å². The highest BCUT2D eigenvalue weighted by Crippen LogP contribution is 2.17. The molecule has 0 aliphatic heterocycles. The van der Waals surface area contributed by atoms with Gasteiger partial charge in [-0.05, 0) is 12.8 Å². The Bertz CT molecular complexity index is 197. The van der Waals surface area contributed by atoms with Crippen LogP contribution in [0.5, 0.6) is 0 Å². The van der Waals surface area contributed by atoms with Crippen LogP contribution < -0.4 is 10.6 Å². The maximum atomic E-state index is 11.0. The lowest BCUT2D eigenvalue weighted by atomic mass is 10.1. The second-order valence-electron chi connectivity index (χ2n) is 4.19. The Hall–Kier alpha value is -0.610. The first-order valence-corrected chi connectivity index (χ1v) is 5.86. The molecule has 0 aromatic heterocycles. The molecule has 0 spiro atoms. The van der Waals surface area contributed by atoms with Crippen LogP contribution in [0.3, 0.4) is 0 Å². The number of aliphatic hydroxyl groups excluding tert-OH is 1. The lowest BCUT2D eigenvalue weighted by molar-refractivity contribution is -0.120. The molecule has 88 valence electrons. The predicted octanol–water partition coefficient (Wildman–Crippen LogP) is 0.406. The van der Waals surface area contributed by atoms with Crippen LogP contribution in [0.4, 0.5) is 0 Å². The van der Waals surface area contributed by atoms with Gasteiger partial charge < -0.3 is 15.7 Å². The van der Waals surface area contributed by atoms with Crippen molar-refractivity contribution in [2.24, 2.45) is 0 Å². The van der Waals surface area contributed by atoms with Crippen molar-refractivity contribution in [3.8, 4) is 0 Å². The third-order valence-electron chi connectivity index (χ3n) is 3.02. The first-order chi connectivity index (χ1) is 7.24. The first kappa shape index (κ1) is 12.5. The predicted molar refractivity (Wildman–Crippen MR) is 59.6 cm³/mol. The average molecular weight is 214 g/mol. The second-order valence-corrected chi connectivity index (χ2v) is 4.19. The van der Waals surface area contributed by atoms with Gasteiger partial charge in [-0.25, -0.2) is 0 Å². The van der Waals surface area contributed by atoms with Gasteiger partial charge in [0, 0.05) is 26.1 Å². The zero-order valence-corrected chi connectivity index (χ0v) is 9.46. The van der Waals surface area contributed by atoms with E-state index in [4.69, 9.17) is 0 Å². The second kappa shape index (κ2) is 6.80. The quantitative estimate of drug-likeness (QED) is 0.594. The summed E-state index contributed by atoms with van der Waals surface area (Å²) in [6.45, 7) is 0.654. The molecule has 1 aliphatic carbocycles. The van der Waals surface area contributed by atoms with E-state index in [-0.39, 0.29) is 18.1 Å². The smallest absolute Gasteiger partial charge is 0.221 e. The summed E-state index contributed by atoms with van der Waals surface area (Å²) in [6.07, 6.45) is 5.66. The van der Waals surface area contributed by atoms with Gasteiger partial charge in [-0.3, -0.25) is 4.79 Å². The van der Waals surface area contributed by atoms with Gasteiger partial charge in [0.1, 0.15) is 0 Å². The minimum atomic E-state index is -0.239. The maximum absolute atomic E-state index is 11.0. The monoisotopic (exact) mass is 214 g/mol. The minimum absolute atomic E-state index is 0.0469. The summed E-state index contributed by atoms with van der Waals surface area (Å²) < 4.78 is 0. The van der Waals surface area contributed by atoms with E-state index in [0.717, 1.165) is 19.3 Å². The number of amides is 1. The summed E-state index contributed by atoms with van der Waals surface area (Å²) in [7, 11) is 1.64. The molecule has 4 heteroatoms. The van der Waals surface area contributed by atoms with E-state index in [1.165, 1.54) is 12.8 Å². The number of rotatable bonds is 4. The van der Waals surface area contributed by atoms with Gasteiger partial charge in [-0.2, -0.15) is 0 Å². The van der Waals surface area contributed by atoms with Crippen LogP contribution in [0.2, 0.25) is 0 Å². The number of carbonyl (C=O) groups excluding carboxylic acids is 1. The van der Waals surface area contributed by atoms with Gasteiger partial charge in [0.25, 0.3) is 0 Å². The molecule has 1 saturated carbocycles. The number of carbonyl (C=O) groups is 1. The molecule has 15 heavy (non-hydrogen) atoms. The van der Waals surface area contributed by atoms with E-state index in [9.17, 15) is 9.90 Å². The van der Waals surface area contributed by atoms with Crippen molar-refractivity contribution in [2.75, 3.05) is 13.6 Å². The van der Waals surface area contributed by atoms with E-state index < -0.39 is 0 Å². The topological polar surface area (TPSA) is 61.4 Å². The van der Waals surface area contributed by atoms with Crippen molar-refractivity contribution in [2.45, 2.75) is 50.7 Å². The molecule has 3 N–H and O–H groups in total. The molecule has 0 radical (unpaired) electrons. The van der Waals surface area contributed by atoms with Crippen LogP contribution in [0.1, 0.15) is 38.5 Å². The molecule has 2 atom stereocenters. The molecular formula is C11H22N2O2. The minimum Gasteiger partial charge on any atom is -0.392 e. The normalized spacial score (nSPS) is 27.1. The zero-order chi connectivity index (χ0) is 11.1. The van der Waals surface area contributed by atoms with Gasteiger partial charge in [-0.1, -0.05) is 19.3 Å². The Morgan fingerprint density at radius 1 is 1.33 bits per heavy atom. The summed E-state index contributed by atoms with van der Waals surface area (Å²) in [5.74, 6) is 0.0469. The summed E-state index contributed by atoms with van der Waals surface area (Å²) in [5.41, 5.74) is 0. The summed E-state index contributed by atoms with van der Waals surface area (Å²) in [6, 6.07) is 0.178. The lowest BCUT2D eigenvalue weighted by Gasteiger charge is -2.21. The zero-order valence-electron chi connectivity index (χ0n) is 9.46. The summed E-state index contributed by atoms with van der Waals surface area (Å²) >= 11 is 0. The van der Waals surface area contributed by atoms with E-state index in [1.807, 2.05) is 0 Å². The number of nitrogens with one attached hydrogen (secondary N) is 2. The van der Waals surface area contributed by atoms with E-state index in [1.54, 1.807) is 7.05 Å². The molecule has 0 aromatic carbocycles. The molecule has 1 fully saturated rings. The molecule has 0 aromatic rings. The standard InChI is InChI=1S/C11H22N2O2/c1-12-11(15)7-8-13-9-5-3-2-4-6-10(9)14/h9-10,13-14H,2-8H2,1H3,(H,12,15). The Labute approximate surface area is 91.4 Å². The Balaban J connectivity index is 2.20. The SMILES string of the molecule is CNC(=O)CCNC1CCCCCC1O. The number of aliphatic hydroxyl groups is 1. The van der Waals surface area contributed by atoms with Crippen molar-refractivity contribution in [1.82, 2.24) is 10.6 Å². The largest absolute Gasteiger partial charge is 0.392 e. The van der Waals surface area contributed by atoms with Crippen molar-refractivity contribution < 1.29 is 9.90 Å². The van der Waals surface area contributed by atoms with Crippen LogP contribution >= 0.6 is 0 Å². The summed E-state index contributed by atoms with van der Waals surface area (Å²) in [4.78, 5) is 11.0. The molecular weight excluding hydrogens is 192 g/mol. The third-order valence-corrected chi connectivity index (χ3v) is 3.02. The van der Waals surface area contributed by atoms with Crippen molar-refractivity contribution in [1.29, 1.82) is 0 Å². The maximum Gasteiger partial charge on any atom is 0.221 e. The highest BCUT2D eigenvalue weighted by molar-refractivity contribution is 5.75. The molecule has 1 aliphatic rings. The fraction of sp³-hybridized carbons (Fsp3) is 0.909. The van der Waals surface area contributed by atoms with Gasteiger partial charge >= 0.3 is 0 Å². The van der Waals surface area contributed by atoms with Crippen LogP contribution in [-0.2, 0) is 4.79 Å². The lowest BCUT2D eigenvalue weighted by Crippen LogP contribution is -2.40. The molecule has 1 amide bonds. The van der Waals surface area contributed by atoms with Crippen molar-refractivity contribution in [3.63, 3.8) is 0 Å². The van der Waals surface area contributed by atoms with Gasteiger partial charge in [0.2, 0.25) is 5.91 Å². The fourth-order valence-corrected chi connectivity index (χ4v) is 2.02. The molecule has 2 unspecified atom stereocenters. The molecule has 0 saturated heterocycles. The Morgan fingerprint density at radius 2 is 2.07 bits per heavy atom. The van der Waals surface area contributed by atoms with Crippen LogP contribution in [0, 0.1) is 0 Å². The van der Waals surface area contributed by atoms with Gasteiger partial charge in [-0.15, -0.1) is 0 Å². The van der Waals surface area contributed by atoms with E-state index in [2.05, 4.69) is 10.6 Å². The molecule has 0 heterocycles. The first-order valence-electron chi connectivity index (χ1n) is 5.86. The Kier molecular flexibility index (Phi) is 5.65. The third kappa shape index (κ3) is 4.62. The highest BCUT2D eigenvalue weighted by Gasteiger charge is 2.20. The fourth-order valence-electron chi connectivity index (χ4n) is 2.02. The van der Waals surface area contributed by atoms with Crippen molar-refractivity contribution >= 4 is 5.91 Å². The molecule has 4 nitrogen and oxygen atoms in total. The number of hydrogen-bond acceptors (Lipinski definition) is 3. The highest BCUT2D eigenvalue weighted by atomic mass is 16.3. The van der Waals surface area contributed by atoms with E-state index >= 15 is 0 Å². The molecule has 0 bridgehead atoms. The average Bonchev–Trinajstić information content (AvgIpc) is 2.44. The Morgan fingerprint density at radius 3 is 2.80 bits per heavy atom. The van der Waals surface area contributed by atoms with Crippen LogP contribution in [0.25, 0.3) is 0 Å². The van der Waals surface area contributed by atoms with Gasteiger partial charge in [0.05, 0.1) is 6.10 Å². The van der Waals surface area contributed by atoms with E-state index in [0.29, 0.717) is 13.0 Å². The molecule has 1 rings (SSSR count). The van der Waals surface area contributed by atoms with Crippen molar-refractivity contribution in [3.05, 3.63) is 0 Å². The van der Waals surface area contributed by atoms with Gasteiger partial charge in [0.15, 0.2) is 0 Å². The van der Waals surface area contributed by atoms with Crippen LogP contribution in [-0.4, -0.2) is 36.8 Å².